The molecule has 1 aromatic rings. The van der Waals surface area contributed by atoms with Crippen molar-refractivity contribution < 1.29 is 39.3 Å². The van der Waals surface area contributed by atoms with Gasteiger partial charge in [0.1, 0.15) is 18.1 Å². The Morgan fingerprint density at radius 3 is 2.11 bits per heavy atom. The molecular formula is C21H34N6O8. The molecule has 0 aliphatic carbocycles. The van der Waals surface area contributed by atoms with Gasteiger partial charge in [-0.1, -0.05) is 13.8 Å². The molecule has 0 aromatic carbocycles. The molecule has 35 heavy (non-hydrogen) atoms. The smallest absolute Gasteiger partial charge is 0.326 e. The van der Waals surface area contributed by atoms with Crippen LogP contribution in [0, 0.1) is 5.92 Å². The Bertz CT molecular complexity index is 873. The highest BCUT2D eigenvalue weighted by Gasteiger charge is 2.33. The van der Waals surface area contributed by atoms with Gasteiger partial charge in [-0.25, -0.2) is 9.78 Å². The molecule has 9 N–H and O–H groups in total. The van der Waals surface area contributed by atoms with Crippen molar-refractivity contribution in [2.75, 3.05) is 0 Å². The summed E-state index contributed by atoms with van der Waals surface area (Å²) in [5.41, 5.74) is 6.43. The van der Waals surface area contributed by atoms with Crippen molar-refractivity contribution in [2.45, 2.75) is 76.7 Å². The second kappa shape index (κ2) is 14.0. The molecule has 0 aliphatic heterocycles. The average molecular weight is 499 g/mol. The first-order valence-electron chi connectivity index (χ1n) is 11.1. The second-order valence-corrected chi connectivity index (χ2v) is 8.64. The molecule has 5 atom stereocenters. The quantitative estimate of drug-likeness (QED) is 0.134. The van der Waals surface area contributed by atoms with Crippen LogP contribution < -0.4 is 21.7 Å². The molecular weight excluding hydrogens is 464 g/mol. The number of aliphatic carboxylic acids is 2. The number of aliphatic hydroxyl groups is 1. The highest BCUT2D eigenvalue weighted by atomic mass is 16.4. The van der Waals surface area contributed by atoms with Crippen molar-refractivity contribution in [1.29, 1.82) is 0 Å². The first-order valence-corrected chi connectivity index (χ1v) is 11.1. The number of carboxylic acids is 2. The number of aromatic amines is 1. The summed E-state index contributed by atoms with van der Waals surface area (Å²) in [6.45, 7) is 4.75. The Balaban J connectivity index is 2.94. The second-order valence-electron chi connectivity index (χ2n) is 8.64. The minimum Gasteiger partial charge on any atom is -0.481 e. The first kappa shape index (κ1) is 29.5. The Kier molecular flexibility index (Phi) is 11.8. The van der Waals surface area contributed by atoms with Crippen LogP contribution in [0.5, 0.6) is 0 Å². The molecule has 1 rings (SSSR count). The Morgan fingerprint density at radius 1 is 1.00 bits per heavy atom. The van der Waals surface area contributed by atoms with E-state index < -0.39 is 66.4 Å². The number of H-pyrrole nitrogens is 1. The van der Waals surface area contributed by atoms with E-state index in [1.165, 1.54) is 19.4 Å². The van der Waals surface area contributed by atoms with E-state index in [0.29, 0.717) is 5.69 Å². The molecule has 1 heterocycles. The summed E-state index contributed by atoms with van der Waals surface area (Å²) in [4.78, 5) is 67.1. The highest BCUT2D eigenvalue weighted by Crippen LogP contribution is 2.07. The maximum absolute atomic E-state index is 12.9. The molecule has 0 aliphatic rings. The van der Waals surface area contributed by atoms with Crippen molar-refractivity contribution in [2.24, 2.45) is 11.7 Å². The van der Waals surface area contributed by atoms with Crippen LogP contribution in [-0.4, -0.2) is 85.2 Å². The number of nitrogens with two attached hydrogens (primary N) is 1. The lowest BCUT2D eigenvalue weighted by Crippen LogP contribution is -2.60. The number of carbonyl (C=O) groups is 5. The van der Waals surface area contributed by atoms with Gasteiger partial charge in [-0.2, -0.15) is 0 Å². The summed E-state index contributed by atoms with van der Waals surface area (Å²) in [5, 5.41) is 35.3. The number of nitrogens with zero attached hydrogens (tertiary/aromatic N) is 1. The molecule has 196 valence electrons. The van der Waals surface area contributed by atoms with Gasteiger partial charge >= 0.3 is 11.9 Å². The summed E-state index contributed by atoms with van der Waals surface area (Å²) in [6, 6.07) is -5.27. The monoisotopic (exact) mass is 498 g/mol. The van der Waals surface area contributed by atoms with Crippen molar-refractivity contribution in [3.05, 3.63) is 18.2 Å². The number of nitrogens with one attached hydrogen (secondary N) is 4. The Hall–Kier alpha value is -3.52. The summed E-state index contributed by atoms with van der Waals surface area (Å²) in [6.07, 6.45) is 0.846. The topological polar surface area (TPSA) is 237 Å². The van der Waals surface area contributed by atoms with E-state index in [4.69, 9.17) is 10.8 Å². The van der Waals surface area contributed by atoms with Crippen LogP contribution in [0.3, 0.4) is 0 Å². The Labute approximate surface area is 202 Å². The van der Waals surface area contributed by atoms with Gasteiger partial charge in [-0.15, -0.1) is 0 Å². The number of carbonyl (C=O) groups excluding carboxylic acids is 3. The molecule has 0 bridgehead atoms. The number of rotatable bonds is 15. The summed E-state index contributed by atoms with van der Waals surface area (Å²) in [5.74, 6) is -5.18. The molecule has 0 fully saturated rings. The van der Waals surface area contributed by atoms with Crippen molar-refractivity contribution in [3.8, 4) is 0 Å². The number of carboxylic acid groups (broad SMARTS) is 2. The number of aromatic nitrogens is 2. The van der Waals surface area contributed by atoms with E-state index in [9.17, 15) is 34.2 Å². The third-order valence-electron chi connectivity index (χ3n) is 5.00. The van der Waals surface area contributed by atoms with Gasteiger partial charge in [0, 0.05) is 24.7 Å². The lowest BCUT2D eigenvalue weighted by Gasteiger charge is -2.26. The van der Waals surface area contributed by atoms with Crippen LogP contribution in [0.2, 0.25) is 0 Å². The summed E-state index contributed by atoms with van der Waals surface area (Å²) < 4.78 is 0. The predicted molar refractivity (Wildman–Crippen MR) is 122 cm³/mol. The molecule has 3 amide bonds. The standard InChI is InChI=1S/C21H34N6O8/c1-10(2)6-15(21(34)35)26-20(33)17(11(3)28)27-19(32)14(4-5-16(29)30)25-18(31)13(22)7-12-8-23-9-24-12/h8-11,13-15,17,28H,4-7,22H2,1-3H3,(H,23,24)(H,25,31)(H,26,33)(H,27,32)(H,29,30)(H,34,35). The molecule has 0 saturated heterocycles. The van der Waals surface area contributed by atoms with E-state index in [1.54, 1.807) is 13.8 Å². The molecule has 5 unspecified atom stereocenters. The lowest BCUT2D eigenvalue weighted by molar-refractivity contribution is -0.143. The zero-order valence-electron chi connectivity index (χ0n) is 19.9. The first-order chi connectivity index (χ1) is 16.3. The van der Waals surface area contributed by atoms with E-state index in [1.807, 2.05) is 0 Å². The SMILES string of the molecule is CC(C)CC(NC(=O)C(NC(=O)C(CCC(=O)O)NC(=O)C(N)Cc1cnc[nH]1)C(C)O)C(=O)O. The maximum atomic E-state index is 12.9. The number of aliphatic hydroxyl groups excluding tert-OH is 1. The van der Waals surface area contributed by atoms with E-state index >= 15 is 0 Å². The molecule has 0 saturated carbocycles. The largest absolute Gasteiger partial charge is 0.481 e. The predicted octanol–water partition coefficient (Wildman–Crippen LogP) is -1.89. The molecule has 1 aromatic heterocycles. The van der Waals surface area contributed by atoms with Crippen molar-refractivity contribution >= 4 is 29.7 Å². The van der Waals surface area contributed by atoms with Gasteiger partial charge in [-0.3, -0.25) is 19.2 Å². The van der Waals surface area contributed by atoms with Crippen LogP contribution >= 0.6 is 0 Å². The van der Waals surface area contributed by atoms with Crippen LogP contribution in [0.15, 0.2) is 12.5 Å². The average Bonchev–Trinajstić information content (AvgIpc) is 3.26. The van der Waals surface area contributed by atoms with Gasteiger partial charge in [0.25, 0.3) is 0 Å². The zero-order valence-corrected chi connectivity index (χ0v) is 19.9. The number of hydrogen-bond donors (Lipinski definition) is 8. The van der Waals surface area contributed by atoms with E-state index in [-0.39, 0.29) is 25.2 Å². The fraction of sp³-hybridized carbons (Fsp3) is 0.619. The van der Waals surface area contributed by atoms with Crippen LogP contribution in [0.1, 0.15) is 45.7 Å². The normalized spacial score (nSPS) is 15.4. The molecule has 0 radical (unpaired) electrons. The van der Waals surface area contributed by atoms with Gasteiger partial charge in [0.05, 0.1) is 18.5 Å². The van der Waals surface area contributed by atoms with E-state index in [2.05, 4.69) is 25.9 Å². The maximum Gasteiger partial charge on any atom is 0.326 e. The molecule has 14 heteroatoms. The highest BCUT2D eigenvalue weighted by molar-refractivity contribution is 5.94. The van der Waals surface area contributed by atoms with Gasteiger partial charge < -0.3 is 42.0 Å². The number of amides is 3. The summed E-state index contributed by atoms with van der Waals surface area (Å²) in [7, 11) is 0. The van der Waals surface area contributed by atoms with Crippen LogP contribution in [0.4, 0.5) is 0 Å². The van der Waals surface area contributed by atoms with Crippen molar-refractivity contribution in [1.82, 2.24) is 25.9 Å². The molecule has 0 spiro atoms. The van der Waals surface area contributed by atoms with Crippen LogP contribution in [0.25, 0.3) is 0 Å². The fourth-order valence-electron chi connectivity index (χ4n) is 3.15. The van der Waals surface area contributed by atoms with Gasteiger partial charge in [0.2, 0.25) is 17.7 Å². The number of hydrogen-bond acceptors (Lipinski definition) is 8. The van der Waals surface area contributed by atoms with Gasteiger partial charge in [0.15, 0.2) is 0 Å². The van der Waals surface area contributed by atoms with Gasteiger partial charge in [-0.05, 0) is 25.7 Å². The van der Waals surface area contributed by atoms with Crippen molar-refractivity contribution in [3.63, 3.8) is 0 Å². The summed E-state index contributed by atoms with van der Waals surface area (Å²) >= 11 is 0. The Morgan fingerprint density at radius 2 is 1.63 bits per heavy atom. The third-order valence-corrected chi connectivity index (χ3v) is 5.00. The number of imidazole rings is 1. The van der Waals surface area contributed by atoms with Crippen LogP contribution in [-0.2, 0) is 30.4 Å². The minimum absolute atomic E-state index is 0.0578. The fourth-order valence-corrected chi connectivity index (χ4v) is 3.15. The minimum atomic E-state index is -1.56. The third kappa shape index (κ3) is 10.5. The zero-order chi connectivity index (χ0) is 26.7. The molecule has 14 nitrogen and oxygen atoms in total. The lowest BCUT2D eigenvalue weighted by atomic mass is 10.0. The van der Waals surface area contributed by atoms with E-state index in [0.717, 1.165) is 0 Å².